The van der Waals surface area contributed by atoms with Gasteiger partial charge in [0.1, 0.15) is 5.75 Å². The molecule has 3 nitrogen and oxygen atoms in total. The molecule has 2 rings (SSSR count). The molecule has 0 saturated heterocycles. The number of anilines is 1. The second-order valence-corrected chi connectivity index (χ2v) is 5.13. The first-order valence-corrected chi connectivity index (χ1v) is 6.74. The number of carbonyl (C=O) groups excluding carboxylic acids is 1. The summed E-state index contributed by atoms with van der Waals surface area (Å²) >= 11 is 11.7. The molecule has 0 unspecified atom stereocenters. The van der Waals surface area contributed by atoms with Crippen molar-refractivity contribution in [2.24, 2.45) is 0 Å². The molecule has 1 amide bonds. The van der Waals surface area contributed by atoms with Crippen molar-refractivity contribution in [3.63, 3.8) is 0 Å². The molecular formula is C15H13Cl2NO2. The van der Waals surface area contributed by atoms with E-state index in [2.05, 4.69) is 5.32 Å². The standard InChI is InChI=1S/C15H13Cl2NO2/c1-10-4-2-3-5-14(10)20-9-15(19)18-13-7-11(16)6-12(17)8-13/h2-8H,9H2,1H3,(H,18,19). The molecule has 0 spiro atoms. The van der Waals surface area contributed by atoms with E-state index in [0.29, 0.717) is 21.5 Å². The fourth-order valence-electron chi connectivity index (χ4n) is 1.68. The number of hydrogen-bond donors (Lipinski definition) is 1. The van der Waals surface area contributed by atoms with Crippen molar-refractivity contribution in [3.8, 4) is 5.75 Å². The van der Waals surface area contributed by atoms with Crippen molar-refractivity contribution in [3.05, 3.63) is 58.1 Å². The largest absolute Gasteiger partial charge is 0.483 e. The topological polar surface area (TPSA) is 38.3 Å². The van der Waals surface area contributed by atoms with Crippen molar-refractivity contribution < 1.29 is 9.53 Å². The zero-order valence-electron chi connectivity index (χ0n) is 10.8. The smallest absolute Gasteiger partial charge is 0.262 e. The molecule has 0 saturated carbocycles. The Morgan fingerprint density at radius 2 is 1.80 bits per heavy atom. The van der Waals surface area contributed by atoms with Gasteiger partial charge in [0.15, 0.2) is 6.61 Å². The van der Waals surface area contributed by atoms with Gasteiger partial charge >= 0.3 is 0 Å². The molecule has 1 N–H and O–H groups in total. The van der Waals surface area contributed by atoms with Crippen molar-refractivity contribution >= 4 is 34.8 Å². The molecule has 0 atom stereocenters. The van der Waals surface area contributed by atoms with Crippen molar-refractivity contribution in [2.75, 3.05) is 11.9 Å². The van der Waals surface area contributed by atoms with Crippen LogP contribution in [0.25, 0.3) is 0 Å². The van der Waals surface area contributed by atoms with Crippen molar-refractivity contribution in [1.82, 2.24) is 0 Å². The van der Waals surface area contributed by atoms with Gasteiger partial charge < -0.3 is 10.1 Å². The second kappa shape index (κ2) is 6.64. The maximum Gasteiger partial charge on any atom is 0.262 e. The fraction of sp³-hybridized carbons (Fsp3) is 0.133. The third-order valence-corrected chi connectivity index (χ3v) is 3.04. The highest BCUT2D eigenvalue weighted by Crippen LogP contribution is 2.22. The molecule has 2 aromatic rings. The highest BCUT2D eigenvalue weighted by Gasteiger charge is 2.06. The molecule has 0 bridgehead atoms. The Hall–Kier alpha value is -1.71. The third kappa shape index (κ3) is 4.15. The minimum Gasteiger partial charge on any atom is -0.483 e. The van der Waals surface area contributed by atoms with Crippen LogP contribution in [-0.4, -0.2) is 12.5 Å². The number of benzene rings is 2. The van der Waals surface area contributed by atoms with E-state index >= 15 is 0 Å². The average molecular weight is 310 g/mol. The van der Waals surface area contributed by atoms with Crippen LogP contribution in [0.5, 0.6) is 5.75 Å². The molecule has 0 aliphatic rings. The first kappa shape index (κ1) is 14.7. The van der Waals surface area contributed by atoms with Crippen LogP contribution < -0.4 is 10.1 Å². The van der Waals surface area contributed by atoms with E-state index in [1.165, 1.54) is 0 Å². The molecule has 0 aliphatic heterocycles. The van der Waals surface area contributed by atoms with Crippen LogP contribution in [0, 0.1) is 6.92 Å². The van der Waals surface area contributed by atoms with Gasteiger partial charge in [0.2, 0.25) is 0 Å². The minimum absolute atomic E-state index is 0.0744. The Labute approximate surface area is 127 Å². The van der Waals surface area contributed by atoms with Gasteiger partial charge in [-0.1, -0.05) is 41.4 Å². The zero-order valence-corrected chi connectivity index (χ0v) is 12.3. The molecule has 0 aromatic heterocycles. The predicted octanol–water partition coefficient (Wildman–Crippen LogP) is 4.32. The van der Waals surface area contributed by atoms with Crippen molar-refractivity contribution in [1.29, 1.82) is 0 Å². The second-order valence-electron chi connectivity index (χ2n) is 4.26. The molecule has 0 aliphatic carbocycles. The fourth-order valence-corrected chi connectivity index (χ4v) is 2.21. The minimum atomic E-state index is -0.272. The van der Waals surface area contributed by atoms with Crippen LogP contribution in [0.3, 0.4) is 0 Å². The van der Waals surface area contributed by atoms with Crippen LogP contribution >= 0.6 is 23.2 Å². The van der Waals surface area contributed by atoms with Gasteiger partial charge in [0, 0.05) is 15.7 Å². The number of amides is 1. The van der Waals surface area contributed by atoms with E-state index in [1.807, 2.05) is 31.2 Å². The quantitative estimate of drug-likeness (QED) is 0.913. The Kier molecular flexibility index (Phi) is 4.88. The monoisotopic (exact) mass is 309 g/mol. The van der Waals surface area contributed by atoms with Crippen molar-refractivity contribution in [2.45, 2.75) is 6.92 Å². The maximum absolute atomic E-state index is 11.8. The number of rotatable bonds is 4. The number of aryl methyl sites for hydroxylation is 1. The van der Waals surface area contributed by atoms with E-state index in [0.717, 1.165) is 5.56 Å². The van der Waals surface area contributed by atoms with Gasteiger partial charge in [-0.15, -0.1) is 0 Å². The number of hydrogen-bond acceptors (Lipinski definition) is 2. The number of nitrogens with one attached hydrogen (secondary N) is 1. The van der Waals surface area contributed by atoms with E-state index in [-0.39, 0.29) is 12.5 Å². The molecule has 2 aromatic carbocycles. The lowest BCUT2D eigenvalue weighted by Crippen LogP contribution is -2.20. The summed E-state index contributed by atoms with van der Waals surface area (Å²) in [6.45, 7) is 1.85. The predicted molar refractivity (Wildman–Crippen MR) is 81.8 cm³/mol. The molecular weight excluding hydrogens is 297 g/mol. The number of carbonyl (C=O) groups is 1. The Morgan fingerprint density at radius 1 is 1.15 bits per heavy atom. The molecule has 5 heteroatoms. The lowest BCUT2D eigenvalue weighted by atomic mass is 10.2. The number of halogens is 2. The molecule has 20 heavy (non-hydrogen) atoms. The van der Waals surface area contributed by atoms with Crippen LogP contribution in [-0.2, 0) is 4.79 Å². The summed E-state index contributed by atoms with van der Waals surface area (Å²) in [6, 6.07) is 12.4. The van der Waals surface area contributed by atoms with Gasteiger partial charge in [-0.2, -0.15) is 0 Å². The summed E-state index contributed by atoms with van der Waals surface area (Å²) in [7, 11) is 0. The summed E-state index contributed by atoms with van der Waals surface area (Å²) < 4.78 is 5.45. The van der Waals surface area contributed by atoms with Crippen LogP contribution in [0.2, 0.25) is 10.0 Å². The molecule has 104 valence electrons. The lowest BCUT2D eigenvalue weighted by molar-refractivity contribution is -0.118. The van der Waals surface area contributed by atoms with Gasteiger partial charge in [-0.25, -0.2) is 0 Å². The van der Waals surface area contributed by atoms with Crippen LogP contribution in [0.4, 0.5) is 5.69 Å². The highest BCUT2D eigenvalue weighted by molar-refractivity contribution is 6.35. The summed E-state index contributed by atoms with van der Waals surface area (Å²) in [5, 5.41) is 3.61. The third-order valence-electron chi connectivity index (χ3n) is 2.60. The SMILES string of the molecule is Cc1ccccc1OCC(=O)Nc1cc(Cl)cc(Cl)c1. The van der Waals surface area contributed by atoms with Gasteiger partial charge in [-0.3, -0.25) is 4.79 Å². The summed E-state index contributed by atoms with van der Waals surface area (Å²) in [4.78, 5) is 11.8. The van der Waals surface area contributed by atoms with Crippen LogP contribution in [0.15, 0.2) is 42.5 Å². The number of para-hydroxylation sites is 1. The number of ether oxygens (including phenoxy) is 1. The lowest BCUT2D eigenvalue weighted by Gasteiger charge is -2.09. The van der Waals surface area contributed by atoms with Gasteiger partial charge in [0.05, 0.1) is 0 Å². The Bertz CT molecular complexity index is 609. The summed E-state index contributed by atoms with van der Waals surface area (Å²) in [5.41, 5.74) is 1.52. The van der Waals surface area contributed by atoms with Gasteiger partial charge in [0.25, 0.3) is 5.91 Å². The normalized spacial score (nSPS) is 10.2. The van der Waals surface area contributed by atoms with E-state index in [4.69, 9.17) is 27.9 Å². The molecule has 0 heterocycles. The van der Waals surface area contributed by atoms with E-state index < -0.39 is 0 Å². The first-order chi connectivity index (χ1) is 9.54. The summed E-state index contributed by atoms with van der Waals surface area (Å²) in [5.74, 6) is 0.415. The van der Waals surface area contributed by atoms with E-state index in [1.54, 1.807) is 18.2 Å². The Balaban J connectivity index is 1.94. The Morgan fingerprint density at radius 3 is 2.45 bits per heavy atom. The van der Waals surface area contributed by atoms with Crippen LogP contribution in [0.1, 0.15) is 5.56 Å². The summed E-state index contributed by atoms with van der Waals surface area (Å²) in [6.07, 6.45) is 0. The molecule has 0 radical (unpaired) electrons. The molecule has 0 fully saturated rings. The van der Waals surface area contributed by atoms with Gasteiger partial charge in [-0.05, 0) is 36.8 Å². The van der Waals surface area contributed by atoms with E-state index in [9.17, 15) is 4.79 Å². The zero-order chi connectivity index (χ0) is 14.5. The highest BCUT2D eigenvalue weighted by atomic mass is 35.5. The first-order valence-electron chi connectivity index (χ1n) is 5.99. The average Bonchev–Trinajstić information content (AvgIpc) is 2.36. The maximum atomic E-state index is 11.8.